The van der Waals surface area contributed by atoms with Gasteiger partial charge >= 0.3 is 5.97 Å². The van der Waals surface area contributed by atoms with Crippen molar-refractivity contribution in [1.82, 2.24) is 10.2 Å². The van der Waals surface area contributed by atoms with Crippen LogP contribution in [0.2, 0.25) is 0 Å². The number of halogens is 1. The van der Waals surface area contributed by atoms with Gasteiger partial charge in [-0.05, 0) is 36.8 Å². The largest absolute Gasteiger partial charge is 0.496 e. The molecule has 0 radical (unpaired) electrons. The molecule has 1 amide bonds. The van der Waals surface area contributed by atoms with Crippen molar-refractivity contribution in [3.63, 3.8) is 0 Å². The van der Waals surface area contributed by atoms with Crippen molar-refractivity contribution in [2.45, 2.75) is 25.7 Å². The molecule has 26 heavy (non-hydrogen) atoms. The first kappa shape index (κ1) is 20.5. The third-order valence-corrected chi connectivity index (χ3v) is 5.64. The Morgan fingerprint density at radius 1 is 1.38 bits per heavy atom. The number of rotatable bonds is 7. The summed E-state index contributed by atoms with van der Waals surface area (Å²) in [4.78, 5) is 25.9. The van der Waals surface area contributed by atoms with Crippen molar-refractivity contribution < 1.29 is 19.4 Å². The lowest BCUT2D eigenvalue weighted by atomic mass is 9.81. The van der Waals surface area contributed by atoms with Crippen LogP contribution in [0.4, 0.5) is 0 Å². The lowest BCUT2D eigenvalue weighted by molar-refractivity contribution is -0.149. The Morgan fingerprint density at radius 2 is 2.15 bits per heavy atom. The Labute approximate surface area is 160 Å². The molecule has 0 spiro atoms. The van der Waals surface area contributed by atoms with Gasteiger partial charge in [0.1, 0.15) is 5.75 Å². The van der Waals surface area contributed by atoms with E-state index in [9.17, 15) is 14.7 Å². The second-order valence-electron chi connectivity index (χ2n) is 7.13. The second kappa shape index (κ2) is 8.73. The predicted octanol–water partition coefficient (Wildman–Crippen LogP) is 1.96. The molecule has 3 rings (SSSR count). The number of fused-ring (bicyclic) bond motifs is 1. The van der Waals surface area contributed by atoms with E-state index in [2.05, 4.69) is 5.32 Å². The molecule has 6 nitrogen and oxygen atoms in total. The minimum absolute atomic E-state index is 0. The molecule has 144 valence electrons. The number of ether oxygens (including phenoxy) is 1. The summed E-state index contributed by atoms with van der Waals surface area (Å²) < 4.78 is 5.31. The highest BCUT2D eigenvalue weighted by Crippen LogP contribution is 2.48. The van der Waals surface area contributed by atoms with Crippen LogP contribution in [0, 0.1) is 11.3 Å². The van der Waals surface area contributed by atoms with E-state index in [4.69, 9.17) is 4.74 Å². The topological polar surface area (TPSA) is 78.9 Å². The van der Waals surface area contributed by atoms with Crippen LogP contribution in [0.25, 0.3) is 0 Å². The maximum absolute atomic E-state index is 12.2. The Morgan fingerprint density at radius 3 is 2.85 bits per heavy atom. The number of carbonyl (C=O) groups is 2. The molecule has 0 unspecified atom stereocenters. The van der Waals surface area contributed by atoms with Crippen molar-refractivity contribution >= 4 is 24.3 Å². The molecule has 0 aromatic heterocycles. The van der Waals surface area contributed by atoms with E-state index in [0.29, 0.717) is 26.1 Å². The molecule has 1 saturated heterocycles. The fourth-order valence-electron chi connectivity index (χ4n) is 4.37. The van der Waals surface area contributed by atoms with E-state index in [1.165, 1.54) is 0 Å². The Hall–Kier alpha value is -1.79. The van der Waals surface area contributed by atoms with Crippen LogP contribution >= 0.6 is 12.4 Å². The summed E-state index contributed by atoms with van der Waals surface area (Å²) in [6, 6.07) is 7.77. The van der Waals surface area contributed by atoms with Crippen LogP contribution in [0.1, 0.15) is 24.8 Å². The van der Waals surface area contributed by atoms with Gasteiger partial charge in [-0.1, -0.05) is 24.6 Å². The number of carboxylic acids is 1. The lowest BCUT2D eigenvalue weighted by Crippen LogP contribution is -2.39. The van der Waals surface area contributed by atoms with Crippen LogP contribution in [0.3, 0.4) is 0 Å². The predicted molar refractivity (Wildman–Crippen MR) is 101 cm³/mol. The highest BCUT2D eigenvalue weighted by Gasteiger charge is 2.54. The SMILES string of the molecule is COc1ccccc1CCNC(=O)CN1C[C@@H]2CCC[C@@]2(C(=O)O)C1.Cl. The molecule has 2 N–H and O–H groups in total. The summed E-state index contributed by atoms with van der Waals surface area (Å²) in [5.41, 5.74) is 0.434. The number of methoxy groups -OCH3 is 1. The van der Waals surface area contributed by atoms with Crippen LogP contribution < -0.4 is 10.1 Å². The zero-order chi connectivity index (χ0) is 17.9. The summed E-state index contributed by atoms with van der Waals surface area (Å²) in [6.45, 7) is 2.02. The highest BCUT2D eigenvalue weighted by molar-refractivity contribution is 5.85. The van der Waals surface area contributed by atoms with E-state index in [1.54, 1.807) is 7.11 Å². The van der Waals surface area contributed by atoms with E-state index in [-0.39, 0.29) is 30.8 Å². The summed E-state index contributed by atoms with van der Waals surface area (Å²) >= 11 is 0. The fraction of sp³-hybridized carbons (Fsp3) is 0.579. The lowest BCUT2D eigenvalue weighted by Gasteiger charge is -2.23. The molecule has 1 aliphatic carbocycles. The van der Waals surface area contributed by atoms with E-state index in [0.717, 1.165) is 30.6 Å². The van der Waals surface area contributed by atoms with E-state index >= 15 is 0 Å². The number of carbonyl (C=O) groups excluding carboxylic acids is 1. The molecule has 1 heterocycles. The third-order valence-electron chi connectivity index (χ3n) is 5.64. The van der Waals surface area contributed by atoms with Gasteiger partial charge in [0.15, 0.2) is 0 Å². The normalized spacial score (nSPS) is 24.6. The number of nitrogens with zero attached hydrogens (tertiary/aromatic N) is 1. The van der Waals surface area contributed by atoms with E-state index < -0.39 is 11.4 Å². The Bertz CT molecular complexity index is 654. The van der Waals surface area contributed by atoms with Crippen LogP contribution in [-0.4, -0.2) is 55.2 Å². The summed E-state index contributed by atoms with van der Waals surface area (Å²) in [6.07, 6.45) is 3.38. The fourth-order valence-corrected chi connectivity index (χ4v) is 4.37. The number of amides is 1. The molecule has 7 heteroatoms. The maximum Gasteiger partial charge on any atom is 0.311 e. The van der Waals surface area contributed by atoms with Gasteiger partial charge in [-0.25, -0.2) is 0 Å². The number of likely N-dealkylation sites (tertiary alicyclic amines) is 1. The van der Waals surface area contributed by atoms with E-state index in [1.807, 2.05) is 29.2 Å². The van der Waals surface area contributed by atoms with Crippen LogP contribution in [-0.2, 0) is 16.0 Å². The first-order chi connectivity index (χ1) is 12.0. The van der Waals surface area contributed by atoms with Gasteiger partial charge in [-0.3, -0.25) is 14.5 Å². The van der Waals surface area contributed by atoms with Gasteiger partial charge in [0, 0.05) is 19.6 Å². The molecular formula is C19H27ClN2O4. The van der Waals surface area contributed by atoms with Crippen LogP contribution in [0.5, 0.6) is 5.75 Å². The average Bonchev–Trinajstić information content (AvgIpc) is 3.13. The van der Waals surface area contributed by atoms with Crippen molar-refractivity contribution in [2.24, 2.45) is 11.3 Å². The number of hydrogen-bond donors (Lipinski definition) is 2. The van der Waals surface area contributed by atoms with Gasteiger partial charge in [-0.2, -0.15) is 0 Å². The molecule has 2 aliphatic rings. The first-order valence-corrected chi connectivity index (χ1v) is 8.89. The average molecular weight is 383 g/mol. The quantitative estimate of drug-likeness (QED) is 0.753. The zero-order valence-corrected chi connectivity index (χ0v) is 15.9. The molecule has 1 aromatic carbocycles. The Balaban J connectivity index is 0.00000243. The number of hydrogen-bond acceptors (Lipinski definition) is 4. The third kappa shape index (κ3) is 4.13. The van der Waals surface area contributed by atoms with Gasteiger partial charge in [0.25, 0.3) is 0 Å². The molecule has 1 aliphatic heterocycles. The number of nitrogens with one attached hydrogen (secondary N) is 1. The summed E-state index contributed by atoms with van der Waals surface area (Å²) in [7, 11) is 1.64. The van der Waals surface area contributed by atoms with Gasteiger partial charge in [0.2, 0.25) is 5.91 Å². The minimum Gasteiger partial charge on any atom is -0.496 e. The maximum atomic E-state index is 12.2. The van der Waals surface area contributed by atoms with Crippen molar-refractivity contribution in [2.75, 3.05) is 33.3 Å². The number of carboxylic acid groups (broad SMARTS) is 1. The van der Waals surface area contributed by atoms with Gasteiger partial charge in [-0.15, -0.1) is 12.4 Å². The minimum atomic E-state index is -0.700. The smallest absolute Gasteiger partial charge is 0.311 e. The second-order valence-corrected chi connectivity index (χ2v) is 7.13. The molecule has 2 fully saturated rings. The molecule has 2 atom stereocenters. The zero-order valence-electron chi connectivity index (χ0n) is 15.1. The monoisotopic (exact) mass is 382 g/mol. The van der Waals surface area contributed by atoms with Crippen molar-refractivity contribution in [3.05, 3.63) is 29.8 Å². The van der Waals surface area contributed by atoms with Gasteiger partial charge < -0.3 is 15.2 Å². The molecule has 0 bridgehead atoms. The first-order valence-electron chi connectivity index (χ1n) is 8.89. The molecule has 1 aromatic rings. The standard InChI is InChI=1S/C19H26N2O4.ClH/c1-25-16-7-3-2-5-14(16)8-10-20-17(22)12-21-11-15-6-4-9-19(15,13-21)18(23)24;/h2-3,5,7,15H,4,6,8-13H2,1H3,(H,20,22)(H,23,24);1H/t15-,19+;/m0./s1. The summed E-state index contributed by atoms with van der Waals surface area (Å²) in [5, 5.41) is 12.5. The highest BCUT2D eigenvalue weighted by atomic mass is 35.5. The van der Waals surface area contributed by atoms with Crippen molar-refractivity contribution in [1.29, 1.82) is 0 Å². The van der Waals surface area contributed by atoms with Crippen molar-refractivity contribution in [3.8, 4) is 5.75 Å². The number of benzene rings is 1. The number of para-hydroxylation sites is 1. The number of aliphatic carboxylic acids is 1. The summed E-state index contributed by atoms with van der Waals surface area (Å²) in [5.74, 6) is 0.267. The van der Waals surface area contributed by atoms with Crippen LogP contribution in [0.15, 0.2) is 24.3 Å². The molecule has 1 saturated carbocycles. The van der Waals surface area contributed by atoms with Gasteiger partial charge in [0.05, 0.1) is 19.1 Å². The Kier molecular flexibility index (Phi) is 6.89. The molecular weight excluding hydrogens is 356 g/mol.